The molecular formula is C12H13Cl2N3O2. The van der Waals surface area contributed by atoms with Crippen LogP contribution in [0.15, 0.2) is 22.7 Å². The van der Waals surface area contributed by atoms with E-state index in [0.717, 1.165) is 0 Å². The maximum absolute atomic E-state index is 6.08. The predicted molar refractivity (Wildman–Crippen MR) is 73.2 cm³/mol. The highest BCUT2D eigenvalue weighted by atomic mass is 35.5. The number of ether oxygens (including phenoxy) is 1. The normalized spacial score (nSPS) is 14.4. The van der Waals surface area contributed by atoms with Gasteiger partial charge in [0.1, 0.15) is 5.54 Å². The lowest BCUT2D eigenvalue weighted by molar-refractivity contribution is 0.135. The van der Waals surface area contributed by atoms with Crippen molar-refractivity contribution in [2.45, 2.75) is 12.5 Å². The Hall–Kier alpha value is -1.14. The molecule has 0 spiro atoms. The minimum atomic E-state index is -0.824. The highest BCUT2D eigenvalue weighted by Gasteiger charge is 2.28. The SMILES string of the molecule is COCC(C)(N)c1noc(-c2ccc(Cl)cc2Cl)n1. The lowest BCUT2D eigenvalue weighted by Crippen LogP contribution is -2.38. The van der Waals surface area contributed by atoms with Gasteiger partial charge in [0.05, 0.1) is 17.2 Å². The molecule has 0 fully saturated rings. The lowest BCUT2D eigenvalue weighted by Gasteiger charge is -2.18. The molecule has 7 heteroatoms. The van der Waals surface area contributed by atoms with Crippen LogP contribution in [0.3, 0.4) is 0 Å². The van der Waals surface area contributed by atoms with E-state index in [9.17, 15) is 0 Å². The van der Waals surface area contributed by atoms with E-state index >= 15 is 0 Å². The molecule has 2 N–H and O–H groups in total. The summed E-state index contributed by atoms with van der Waals surface area (Å²) in [5.41, 5.74) is 5.82. The first kappa shape index (κ1) is 14.3. The van der Waals surface area contributed by atoms with Crippen molar-refractivity contribution >= 4 is 23.2 Å². The molecule has 2 aromatic rings. The summed E-state index contributed by atoms with van der Waals surface area (Å²) < 4.78 is 10.2. The van der Waals surface area contributed by atoms with Gasteiger partial charge in [-0.1, -0.05) is 28.4 Å². The Morgan fingerprint density at radius 2 is 2.16 bits per heavy atom. The largest absolute Gasteiger partial charge is 0.382 e. The topological polar surface area (TPSA) is 74.2 Å². The average molecular weight is 302 g/mol. The fourth-order valence-corrected chi connectivity index (χ4v) is 2.08. The number of rotatable bonds is 4. The van der Waals surface area contributed by atoms with Gasteiger partial charge in [0.2, 0.25) is 0 Å². The van der Waals surface area contributed by atoms with Gasteiger partial charge in [-0.25, -0.2) is 0 Å². The number of nitrogens with two attached hydrogens (primary N) is 1. The van der Waals surface area contributed by atoms with Crippen molar-refractivity contribution < 1.29 is 9.26 Å². The molecule has 1 heterocycles. The van der Waals surface area contributed by atoms with Gasteiger partial charge < -0.3 is 15.0 Å². The second-order valence-corrected chi connectivity index (χ2v) is 5.24. The highest BCUT2D eigenvalue weighted by Crippen LogP contribution is 2.30. The summed E-state index contributed by atoms with van der Waals surface area (Å²) in [4.78, 5) is 4.25. The molecule has 1 aromatic carbocycles. The van der Waals surface area contributed by atoms with Crippen LogP contribution in [-0.4, -0.2) is 23.9 Å². The molecule has 0 bridgehead atoms. The Bertz CT molecular complexity index is 584. The van der Waals surface area contributed by atoms with Gasteiger partial charge in [-0.15, -0.1) is 0 Å². The Kier molecular flexibility index (Phi) is 4.10. The zero-order valence-corrected chi connectivity index (χ0v) is 12.0. The number of hydrogen-bond acceptors (Lipinski definition) is 5. The first-order chi connectivity index (χ1) is 8.94. The third-order valence-corrected chi connectivity index (χ3v) is 3.09. The van der Waals surface area contributed by atoms with E-state index in [1.807, 2.05) is 0 Å². The fourth-order valence-electron chi connectivity index (χ4n) is 1.59. The molecule has 5 nitrogen and oxygen atoms in total. The zero-order chi connectivity index (χ0) is 14.0. The van der Waals surface area contributed by atoms with Crippen LogP contribution in [0.25, 0.3) is 11.5 Å². The van der Waals surface area contributed by atoms with E-state index in [2.05, 4.69) is 10.1 Å². The van der Waals surface area contributed by atoms with Crippen molar-refractivity contribution in [3.63, 3.8) is 0 Å². The van der Waals surface area contributed by atoms with Gasteiger partial charge in [0.15, 0.2) is 5.82 Å². The minimum absolute atomic E-state index is 0.278. The van der Waals surface area contributed by atoms with Crippen molar-refractivity contribution in [1.82, 2.24) is 10.1 Å². The van der Waals surface area contributed by atoms with Crippen LogP contribution in [0.5, 0.6) is 0 Å². The van der Waals surface area contributed by atoms with Gasteiger partial charge in [0.25, 0.3) is 5.89 Å². The number of methoxy groups -OCH3 is 1. The van der Waals surface area contributed by atoms with Crippen LogP contribution < -0.4 is 5.73 Å². The molecule has 1 unspecified atom stereocenters. The summed E-state index contributed by atoms with van der Waals surface area (Å²) in [6.45, 7) is 2.04. The molecule has 0 saturated carbocycles. The van der Waals surface area contributed by atoms with Gasteiger partial charge in [-0.2, -0.15) is 4.98 Å². The van der Waals surface area contributed by atoms with Crippen LogP contribution in [0, 0.1) is 0 Å². The molecule has 0 radical (unpaired) electrons. The molecular weight excluding hydrogens is 289 g/mol. The zero-order valence-electron chi connectivity index (χ0n) is 10.5. The maximum atomic E-state index is 6.08. The molecule has 19 heavy (non-hydrogen) atoms. The summed E-state index contributed by atoms with van der Waals surface area (Å²) in [5.74, 6) is 0.653. The molecule has 0 aliphatic carbocycles. The second kappa shape index (κ2) is 5.46. The maximum Gasteiger partial charge on any atom is 0.259 e. The van der Waals surface area contributed by atoms with Crippen molar-refractivity contribution in [3.05, 3.63) is 34.1 Å². The summed E-state index contributed by atoms with van der Waals surface area (Å²) in [7, 11) is 1.56. The van der Waals surface area contributed by atoms with Crippen molar-refractivity contribution in [2.24, 2.45) is 5.73 Å². The number of aromatic nitrogens is 2. The highest BCUT2D eigenvalue weighted by molar-refractivity contribution is 6.36. The van der Waals surface area contributed by atoms with E-state index in [4.69, 9.17) is 38.2 Å². The lowest BCUT2D eigenvalue weighted by atomic mass is 10.1. The summed E-state index contributed by atoms with van der Waals surface area (Å²) in [6.07, 6.45) is 0. The summed E-state index contributed by atoms with van der Waals surface area (Å²) in [5, 5.41) is 4.84. The predicted octanol–water partition coefficient (Wildman–Crippen LogP) is 2.86. The summed E-state index contributed by atoms with van der Waals surface area (Å²) in [6, 6.07) is 5.02. The van der Waals surface area contributed by atoms with E-state index in [1.165, 1.54) is 0 Å². The van der Waals surface area contributed by atoms with Crippen LogP contribution in [-0.2, 0) is 10.3 Å². The Morgan fingerprint density at radius 1 is 1.42 bits per heavy atom. The van der Waals surface area contributed by atoms with Crippen LogP contribution in [0.1, 0.15) is 12.7 Å². The van der Waals surface area contributed by atoms with Gasteiger partial charge >= 0.3 is 0 Å². The van der Waals surface area contributed by atoms with E-state index in [-0.39, 0.29) is 6.61 Å². The molecule has 1 atom stereocenters. The third-order valence-electron chi connectivity index (χ3n) is 2.54. The second-order valence-electron chi connectivity index (χ2n) is 4.40. The fraction of sp³-hybridized carbons (Fsp3) is 0.333. The van der Waals surface area contributed by atoms with Crippen LogP contribution in [0.4, 0.5) is 0 Å². The Balaban J connectivity index is 2.35. The Morgan fingerprint density at radius 3 is 2.79 bits per heavy atom. The van der Waals surface area contributed by atoms with Crippen molar-refractivity contribution in [3.8, 4) is 11.5 Å². The van der Waals surface area contributed by atoms with E-state index in [0.29, 0.717) is 27.3 Å². The number of halogens is 2. The molecule has 0 amide bonds. The molecule has 0 aliphatic heterocycles. The third kappa shape index (κ3) is 3.06. The van der Waals surface area contributed by atoms with Gasteiger partial charge in [0, 0.05) is 12.1 Å². The van der Waals surface area contributed by atoms with Crippen LogP contribution >= 0.6 is 23.2 Å². The molecule has 2 rings (SSSR count). The van der Waals surface area contributed by atoms with Crippen molar-refractivity contribution in [2.75, 3.05) is 13.7 Å². The molecule has 1 aromatic heterocycles. The molecule has 102 valence electrons. The average Bonchev–Trinajstić information content (AvgIpc) is 2.78. The first-order valence-electron chi connectivity index (χ1n) is 5.51. The van der Waals surface area contributed by atoms with E-state index in [1.54, 1.807) is 32.2 Å². The molecule has 0 aliphatic rings. The minimum Gasteiger partial charge on any atom is -0.382 e. The monoisotopic (exact) mass is 301 g/mol. The van der Waals surface area contributed by atoms with Crippen LogP contribution in [0.2, 0.25) is 10.0 Å². The number of nitrogens with zero attached hydrogens (tertiary/aromatic N) is 2. The quantitative estimate of drug-likeness (QED) is 0.940. The number of hydrogen-bond donors (Lipinski definition) is 1. The van der Waals surface area contributed by atoms with E-state index < -0.39 is 5.54 Å². The first-order valence-corrected chi connectivity index (χ1v) is 6.27. The Labute approximate surface area is 120 Å². The number of benzene rings is 1. The standard InChI is InChI=1S/C12H13Cl2N3O2/c1-12(15,6-18-2)11-16-10(19-17-11)8-4-3-7(13)5-9(8)14/h3-5H,6,15H2,1-2H3. The summed E-state index contributed by atoms with van der Waals surface area (Å²) >= 11 is 11.9. The van der Waals surface area contributed by atoms with Crippen molar-refractivity contribution in [1.29, 1.82) is 0 Å². The smallest absolute Gasteiger partial charge is 0.259 e. The van der Waals surface area contributed by atoms with Gasteiger partial charge in [-0.05, 0) is 25.1 Å². The molecule has 0 saturated heterocycles. The van der Waals surface area contributed by atoms with Gasteiger partial charge in [-0.3, -0.25) is 0 Å².